The number of carboxylic acids is 1. The van der Waals surface area contributed by atoms with Crippen molar-refractivity contribution in [2.75, 3.05) is 0 Å². The van der Waals surface area contributed by atoms with Gasteiger partial charge in [-0.15, -0.1) is 11.3 Å². The predicted octanol–water partition coefficient (Wildman–Crippen LogP) is 0.0153. The first-order valence-electron chi connectivity index (χ1n) is 4.56. The van der Waals surface area contributed by atoms with Crippen LogP contribution in [0.3, 0.4) is 0 Å². The molecule has 1 aromatic rings. The molecule has 2 unspecified atom stereocenters. The number of nitrogens with zero attached hydrogens (tertiary/aromatic N) is 1. The Balaban J connectivity index is 2.73. The number of carboxylic acid groups (broad SMARTS) is 1. The van der Waals surface area contributed by atoms with E-state index in [1.165, 1.54) is 13.1 Å². The molecule has 0 aromatic carbocycles. The van der Waals surface area contributed by atoms with Crippen molar-refractivity contribution in [2.45, 2.75) is 26.0 Å². The van der Waals surface area contributed by atoms with Crippen molar-refractivity contribution in [2.24, 2.45) is 0 Å². The van der Waals surface area contributed by atoms with Crippen molar-refractivity contribution in [3.63, 3.8) is 0 Å². The lowest BCUT2D eigenvalue weighted by Gasteiger charge is -2.16. The van der Waals surface area contributed by atoms with Crippen molar-refractivity contribution in [1.29, 1.82) is 0 Å². The van der Waals surface area contributed by atoms with Crippen molar-refractivity contribution < 1.29 is 19.8 Å². The maximum absolute atomic E-state index is 11.6. The molecule has 1 heterocycles. The van der Waals surface area contributed by atoms with Gasteiger partial charge in [-0.3, -0.25) is 4.79 Å². The van der Waals surface area contributed by atoms with E-state index >= 15 is 0 Å². The van der Waals surface area contributed by atoms with E-state index in [2.05, 4.69) is 10.3 Å². The van der Waals surface area contributed by atoms with E-state index in [0.29, 0.717) is 9.88 Å². The molecule has 16 heavy (non-hydrogen) atoms. The maximum Gasteiger partial charge on any atom is 0.328 e. The van der Waals surface area contributed by atoms with Gasteiger partial charge in [-0.1, -0.05) is 0 Å². The van der Waals surface area contributed by atoms with Gasteiger partial charge in [-0.2, -0.15) is 0 Å². The van der Waals surface area contributed by atoms with Crippen molar-refractivity contribution in [1.82, 2.24) is 10.3 Å². The molecule has 0 bridgehead atoms. The minimum atomic E-state index is -1.31. The van der Waals surface area contributed by atoms with Crippen LogP contribution in [0.25, 0.3) is 0 Å². The zero-order valence-corrected chi connectivity index (χ0v) is 9.61. The lowest BCUT2D eigenvalue weighted by atomic mass is 10.2. The van der Waals surface area contributed by atoms with Crippen LogP contribution in [-0.4, -0.2) is 39.2 Å². The SMILES string of the molecule is Cc1ncc(C(=O)NC(C(=O)O)C(C)O)s1. The van der Waals surface area contributed by atoms with E-state index in [9.17, 15) is 14.7 Å². The summed E-state index contributed by atoms with van der Waals surface area (Å²) in [6.07, 6.45) is 0.214. The van der Waals surface area contributed by atoms with E-state index in [1.54, 1.807) is 6.92 Å². The predicted molar refractivity (Wildman–Crippen MR) is 57.4 cm³/mol. The van der Waals surface area contributed by atoms with Gasteiger partial charge in [0.15, 0.2) is 6.04 Å². The second-order valence-corrected chi connectivity index (χ2v) is 4.51. The fourth-order valence-electron chi connectivity index (χ4n) is 1.07. The zero-order chi connectivity index (χ0) is 12.3. The van der Waals surface area contributed by atoms with Gasteiger partial charge in [0, 0.05) is 0 Å². The summed E-state index contributed by atoms with van der Waals surface area (Å²) in [5.41, 5.74) is 0. The average Bonchev–Trinajstić information content (AvgIpc) is 2.59. The third-order valence-corrected chi connectivity index (χ3v) is 2.79. The Bertz CT molecular complexity index is 402. The Morgan fingerprint density at radius 2 is 2.19 bits per heavy atom. The van der Waals surface area contributed by atoms with Crippen LogP contribution in [0.2, 0.25) is 0 Å². The molecule has 1 amide bonds. The van der Waals surface area contributed by atoms with Gasteiger partial charge in [-0.25, -0.2) is 9.78 Å². The molecule has 0 fully saturated rings. The highest BCUT2D eigenvalue weighted by atomic mass is 32.1. The highest BCUT2D eigenvalue weighted by Crippen LogP contribution is 2.11. The normalized spacial score (nSPS) is 14.2. The van der Waals surface area contributed by atoms with Gasteiger partial charge >= 0.3 is 5.97 Å². The second-order valence-electron chi connectivity index (χ2n) is 3.27. The van der Waals surface area contributed by atoms with E-state index in [1.807, 2.05) is 0 Å². The first-order valence-corrected chi connectivity index (χ1v) is 5.37. The van der Waals surface area contributed by atoms with E-state index < -0.39 is 24.0 Å². The highest BCUT2D eigenvalue weighted by molar-refractivity contribution is 7.13. The molecule has 88 valence electrons. The smallest absolute Gasteiger partial charge is 0.328 e. The number of carbonyl (C=O) groups excluding carboxylic acids is 1. The van der Waals surface area contributed by atoms with Gasteiger partial charge in [-0.05, 0) is 13.8 Å². The molecular formula is C9H12N2O4S. The number of amides is 1. The average molecular weight is 244 g/mol. The molecule has 0 saturated carbocycles. The number of nitrogens with one attached hydrogen (secondary N) is 1. The van der Waals surface area contributed by atoms with Crippen molar-refractivity contribution in [3.8, 4) is 0 Å². The summed E-state index contributed by atoms with van der Waals surface area (Å²) in [7, 11) is 0. The highest BCUT2D eigenvalue weighted by Gasteiger charge is 2.25. The largest absolute Gasteiger partial charge is 0.480 e. The number of aromatic nitrogens is 1. The van der Waals surface area contributed by atoms with Crippen LogP contribution in [0.15, 0.2) is 6.20 Å². The molecule has 0 radical (unpaired) electrons. The molecule has 2 atom stereocenters. The fraction of sp³-hybridized carbons (Fsp3) is 0.444. The molecule has 0 saturated heterocycles. The first kappa shape index (κ1) is 12.6. The number of thiazole rings is 1. The van der Waals surface area contributed by atoms with Gasteiger partial charge in [0.05, 0.1) is 17.3 Å². The summed E-state index contributed by atoms with van der Waals surface area (Å²) >= 11 is 1.16. The van der Waals surface area contributed by atoms with Crippen LogP contribution >= 0.6 is 11.3 Å². The van der Waals surface area contributed by atoms with Crippen LogP contribution in [0, 0.1) is 6.92 Å². The van der Waals surface area contributed by atoms with Crippen LogP contribution in [0.1, 0.15) is 21.6 Å². The molecule has 0 spiro atoms. The standard InChI is InChI=1S/C9H12N2O4S/c1-4(12)7(9(14)15)11-8(13)6-3-10-5(2)16-6/h3-4,7,12H,1-2H3,(H,11,13)(H,14,15). The third-order valence-electron chi connectivity index (χ3n) is 1.88. The fourth-order valence-corrected chi connectivity index (χ4v) is 1.75. The summed E-state index contributed by atoms with van der Waals surface area (Å²) in [4.78, 5) is 26.5. The number of carbonyl (C=O) groups is 2. The third kappa shape index (κ3) is 3.01. The van der Waals surface area contributed by atoms with Crippen LogP contribution < -0.4 is 5.32 Å². The monoisotopic (exact) mass is 244 g/mol. The summed E-state index contributed by atoms with van der Waals surface area (Å²) in [5, 5.41) is 20.9. The molecule has 0 aliphatic rings. The molecule has 0 aliphatic carbocycles. The number of aliphatic hydroxyl groups is 1. The van der Waals surface area contributed by atoms with E-state index in [0.717, 1.165) is 11.3 Å². The Morgan fingerprint density at radius 3 is 2.56 bits per heavy atom. The summed E-state index contributed by atoms with van der Waals surface area (Å²) in [6, 6.07) is -1.31. The molecule has 6 nitrogen and oxygen atoms in total. The Labute approximate surface area is 95.9 Å². The number of aliphatic hydroxyl groups excluding tert-OH is 1. The lowest BCUT2D eigenvalue weighted by molar-refractivity contribution is -0.141. The molecule has 3 N–H and O–H groups in total. The van der Waals surface area contributed by atoms with Crippen LogP contribution in [0.4, 0.5) is 0 Å². The molecule has 1 rings (SSSR count). The van der Waals surface area contributed by atoms with Crippen molar-refractivity contribution >= 4 is 23.2 Å². The zero-order valence-electron chi connectivity index (χ0n) is 8.80. The topological polar surface area (TPSA) is 99.5 Å². The van der Waals surface area contributed by atoms with E-state index in [4.69, 9.17) is 5.11 Å². The summed E-state index contributed by atoms with van der Waals surface area (Å²) in [5.74, 6) is -1.82. The number of aryl methyl sites for hydroxylation is 1. The lowest BCUT2D eigenvalue weighted by Crippen LogP contribution is -2.47. The molecule has 0 aliphatic heterocycles. The molecule has 7 heteroatoms. The quantitative estimate of drug-likeness (QED) is 0.693. The van der Waals surface area contributed by atoms with Crippen LogP contribution in [0.5, 0.6) is 0 Å². The number of hydrogen-bond donors (Lipinski definition) is 3. The number of aliphatic carboxylic acids is 1. The van der Waals surface area contributed by atoms with Crippen molar-refractivity contribution in [3.05, 3.63) is 16.1 Å². The number of hydrogen-bond acceptors (Lipinski definition) is 5. The minimum absolute atomic E-state index is 0.324. The first-order chi connectivity index (χ1) is 7.41. The minimum Gasteiger partial charge on any atom is -0.480 e. The molecular weight excluding hydrogens is 232 g/mol. The van der Waals surface area contributed by atoms with E-state index in [-0.39, 0.29) is 0 Å². The second kappa shape index (κ2) is 5.04. The van der Waals surface area contributed by atoms with Crippen LogP contribution in [-0.2, 0) is 4.79 Å². The van der Waals surface area contributed by atoms with Gasteiger partial charge in [0.2, 0.25) is 0 Å². The Morgan fingerprint density at radius 1 is 1.56 bits per heavy atom. The summed E-state index contributed by atoms with van der Waals surface area (Å²) in [6.45, 7) is 3.04. The van der Waals surface area contributed by atoms with Gasteiger partial charge in [0.1, 0.15) is 4.88 Å². The Hall–Kier alpha value is -1.47. The maximum atomic E-state index is 11.6. The summed E-state index contributed by atoms with van der Waals surface area (Å²) < 4.78 is 0. The van der Waals surface area contributed by atoms with Gasteiger partial charge in [0.25, 0.3) is 5.91 Å². The van der Waals surface area contributed by atoms with Gasteiger partial charge < -0.3 is 15.5 Å². The Kier molecular flexibility index (Phi) is 3.97. The molecule has 1 aromatic heterocycles. The number of rotatable bonds is 4.